The molecule has 0 spiro atoms. The summed E-state index contributed by atoms with van der Waals surface area (Å²) in [5.41, 5.74) is 5.29. The number of benzene rings is 1. The number of hydrogen-bond donors (Lipinski definition) is 0. The van der Waals surface area contributed by atoms with Crippen molar-refractivity contribution in [2.45, 2.75) is 79.2 Å². The fraction of sp³-hybridized carbons (Fsp3) is 0.652. The highest BCUT2D eigenvalue weighted by atomic mass is 15.3. The van der Waals surface area contributed by atoms with E-state index in [1.54, 1.807) is 0 Å². The van der Waals surface area contributed by atoms with Gasteiger partial charge >= 0.3 is 0 Å². The van der Waals surface area contributed by atoms with Crippen LogP contribution >= 0.6 is 0 Å². The van der Waals surface area contributed by atoms with Crippen molar-refractivity contribution in [3.05, 3.63) is 29.3 Å². The Hall–Kier alpha value is -1.64. The van der Waals surface area contributed by atoms with Gasteiger partial charge in [-0.25, -0.2) is 4.99 Å². The predicted molar refractivity (Wildman–Crippen MR) is 113 cm³/mol. The van der Waals surface area contributed by atoms with Gasteiger partial charge in [-0.1, -0.05) is 66.7 Å². The van der Waals surface area contributed by atoms with Crippen LogP contribution in [0, 0.1) is 5.41 Å². The molecule has 0 radical (unpaired) electrons. The third kappa shape index (κ3) is 3.72. The second kappa shape index (κ2) is 7.17. The quantitative estimate of drug-likeness (QED) is 0.662. The van der Waals surface area contributed by atoms with Crippen LogP contribution in [-0.2, 0) is 0 Å². The summed E-state index contributed by atoms with van der Waals surface area (Å²) in [4.78, 5) is 12.8. The van der Waals surface area contributed by atoms with Crippen molar-refractivity contribution in [2.75, 3.05) is 13.1 Å². The minimum Gasteiger partial charge on any atom is -0.353 e. The summed E-state index contributed by atoms with van der Waals surface area (Å²) < 4.78 is 0. The molecule has 2 aliphatic heterocycles. The monoisotopic (exact) mass is 353 g/mol. The standard InChI is InChI=1S/C23H35N3/c1-15(2)17-10-8-11-18(16(3)4)21(17)24-19-12-9-13-26-14-20(23(5,6)7)25-22(19)26/h8,10-11,15-16,20H,9,12-14H2,1-7H3/b24-19+/t20-/m1/s1. The number of piperidine rings is 1. The average Bonchev–Trinajstić information content (AvgIpc) is 3.00. The molecule has 142 valence electrons. The highest BCUT2D eigenvalue weighted by Crippen LogP contribution is 2.36. The molecule has 0 aliphatic carbocycles. The van der Waals surface area contributed by atoms with Crippen LogP contribution in [0.5, 0.6) is 0 Å². The molecule has 2 heterocycles. The Bertz CT molecular complexity index is 693. The van der Waals surface area contributed by atoms with Crippen molar-refractivity contribution in [1.29, 1.82) is 0 Å². The van der Waals surface area contributed by atoms with Gasteiger partial charge in [0, 0.05) is 13.1 Å². The van der Waals surface area contributed by atoms with Crippen molar-refractivity contribution in [1.82, 2.24) is 4.90 Å². The zero-order chi connectivity index (χ0) is 19.1. The van der Waals surface area contributed by atoms with E-state index in [-0.39, 0.29) is 5.41 Å². The van der Waals surface area contributed by atoms with Gasteiger partial charge in [-0.3, -0.25) is 4.99 Å². The third-order valence-electron chi connectivity index (χ3n) is 5.66. The SMILES string of the molecule is CC(C)c1cccc(C(C)C)c1/N=C1\CCCN2C[C@H](C(C)(C)C)N=C12. The minimum absolute atomic E-state index is 0.203. The van der Waals surface area contributed by atoms with Crippen molar-refractivity contribution < 1.29 is 0 Å². The lowest BCUT2D eigenvalue weighted by Gasteiger charge is -2.29. The van der Waals surface area contributed by atoms with E-state index < -0.39 is 0 Å². The van der Waals surface area contributed by atoms with Crippen LogP contribution in [0.3, 0.4) is 0 Å². The number of rotatable bonds is 3. The zero-order valence-corrected chi connectivity index (χ0v) is 17.6. The van der Waals surface area contributed by atoms with Gasteiger partial charge in [0.15, 0.2) is 0 Å². The molecule has 1 aromatic carbocycles. The first-order valence-corrected chi connectivity index (χ1v) is 10.2. The molecule has 0 bridgehead atoms. The highest BCUT2D eigenvalue weighted by Gasteiger charge is 2.36. The second-order valence-electron chi connectivity index (χ2n) is 9.54. The van der Waals surface area contributed by atoms with Crippen LogP contribution in [0.4, 0.5) is 5.69 Å². The number of amidine groups is 1. The predicted octanol–water partition coefficient (Wildman–Crippen LogP) is 5.93. The summed E-state index contributed by atoms with van der Waals surface area (Å²) in [5, 5.41) is 0. The van der Waals surface area contributed by atoms with Crippen LogP contribution < -0.4 is 0 Å². The number of nitrogens with zero attached hydrogens (tertiary/aromatic N) is 3. The molecule has 2 aliphatic rings. The molecule has 3 rings (SSSR count). The molecular formula is C23H35N3. The van der Waals surface area contributed by atoms with E-state index in [1.807, 2.05) is 0 Å². The van der Waals surface area contributed by atoms with E-state index in [2.05, 4.69) is 71.6 Å². The van der Waals surface area contributed by atoms with Gasteiger partial charge in [-0.2, -0.15) is 0 Å². The Kier molecular flexibility index (Phi) is 5.28. The Morgan fingerprint density at radius 1 is 1.08 bits per heavy atom. The molecule has 1 saturated heterocycles. The van der Waals surface area contributed by atoms with E-state index in [4.69, 9.17) is 9.98 Å². The molecule has 0 N–H and O–H groups in total. The Balaban J connectivity index is 2.07. The topological polar surface area (TPSA) is 28.0 Å². The maximum absolute atomic E-state index is 5.26. The second-order valence-corrected chi connectivity index (χ2v) is 9.54. The fourth-order valence-electron chi connectivity index (χ4n) is 3.92. The fourth-order valence-corrected chi connectivity index (χ4v) is 3.92. The van der Waals surface area contributed by atoms with E-state index in [1.165, 1.54) is 28.9 Å². The summed E-state index contributed by atoms with van der Waals surface area (Å²) >= 11 is 0. The van der Waals surface area contributed by atoms with E-state index in [9.17, 15) is 0 Å². The largest absolute Gasteiger partial charge is 0.353 e. The van der Waals surface area contributed by atoms with Gasteiger partial charge in [-0.05, 0) is 41.2 Å². The van der Waals surface area contributed by atoms with Gasteiger partial charge in [0.25, 0.3) is 0 Å². The van der Waals surface area contributed by atoms with Crippen molar-refractivity contribution >= 4 is 17.2 Å². The molecule has 26 heavy (non-hydrogen) atoms. The molecule has 0 amide bonds. The van der Waals surface area contributed by atoms with Gasteiger partial charge in [-0.15, -0.1) is 0 Å². The molecule has 0 aromatic heterocycles. The highest BCUT2D eigenvalue weighted by molar-refractivity contribution is 6.42. The van der Waals surface area contributed by atoms with E-state index in [0.717, 1.165) is 25.3 Å². The number of hydrogen-bond acceptors (Lipinski definition) is 3. The smallest absolute Gasteiger partial charge is 0.146 e. The van der Waals surface area contributed by atoms with Crippen LogP contribution in [0.25, 0.3) is 0 Å². The van der Waals surface area contributed by atoms with Gasteiger partial charge in [0.1, 0.15) is 5.84 Å². The Labute approximate surface area is 159 Å². The van der Waals surface area contributed by atoms with Crippen LogP contribution in [0.15, 0.2) is 28.2 Å². The molecule has 1 aromatic rings. The Morgan fingerprint density at radius 2 is 1.69 bits per heavy atom. The summed E-state index contributed by atoms with van der Waals surface area (Å²) in [6.45, 7) is 18.1. The van der Waals surface area contributed by atoms with Crippen molar-refractivity contribution in [2.24, 2.45) is 15.4 Å². The number of aliphatic imine (C=N–C) groups is 2. The lowest BCUT2D eigenvalue weighted by molar-refractivity contribution is 0.287. The first-order valence-electron chi connectivity index (χ1n) is 10.2. The molecule has 0 saturated carbocycles. The average molecular weight is 354 g/mol. The molecule has 1 atom stereocenters. The van der Waals surface area contributed by atoms with Crippen LogP contribution in [0.1, 0.15) is 84.3 Å². The van der Waals surface area contributed by atoms with Gasteiger partial charge in [0.05, 0.1) is 17.4 Å². The van der Waals surface area contributed by atoms with E-state index in [0.29, 0.717) is 17.9 Å². The molecule has 3 heteroatoms. The maximum atomic E-state index is 5.26. The molecule has 1 fully saturated rings. The lowest BCUT2D eigenvalue weighted by atomic mass is 9.87. The first-order chi connectivity index (χ1) is 12.2. The Morgan fingerprint density at radius 3 is 2.23 bits per heavy atom. The summed E-state index contributed by atoms with van der Waals surface area (Å²) in [5.74, 6) is 2.10. The summed E-state index contributed by atoms with van der Waals surface area (Å²) in [6, 6.07) is 7.03. The van der Waals surface area contributed by atoms with Crippen molar-refractivity contribution in [3.8, 4) is 0 Å². The first kappa shape index (κ1) is 19.1. The van der Waals surface area contributed by atoms with Crippen LogP contribution in [0.2, 0.25) is 0 Å². The van der Waals surface area contributed by atoms with E-state index >= 15 is 0 Å². The zero-order valence-electron chi connectivity index (χ0n) is 17.6. The normalized spacial score (nSPS) is 22.3. The molecule has 3 nitrogen and oxygen atoms in total. The minimum atomic E-state index is 0.203. The summed E-state index contributed by atoms with van der Waals surface area (Å²) in [6.07, 6.45) is 2.21. The third-order valence-corrected chi connectivity index (χ3v) is 5.66. The van der Waals surface area contributed by atoms with Gasteiger partial charge < -0.3 is 4.90 Å². The summed E-state index contributed by atoms with van der Waals surface area (Å²) in [7, 11) is 0. The number of fused-ring (bicyclic) bond motifs is 1. The molecule has 0 unspecified atom stereocenters. The maximum Gasteiger partial charge on any atom is 0.146 e. The van der Waals surface area contributed by atoms with Crippen molar-refractivity contribution in [3.63, 3.8) is 0 Å². The van der Waals surface area contributed by atoms with Crippen LogP contribution in [-0.4, -0.2) is 35.6 Å². The lowest BCUT2D eigenvalue weighted by Crippen LogP contribution is -2.40. The number of para-hydroxylation sites is 1. The van der Waals surface area contributed by atoms with Gasteiger partial charge in [0.2, 0.25) is 0 Å². The molecular weight excluding hydrogens is 318 g/mol.